The van der Waals surface area contributed by atoms with Crippen LogP contribution in [0, 0.1) is 5.92 Å². The first kappa shape index (κ1) is 24.5. The highest BCUT2D eigenvalue weighted by Crippen LogP contribution is 2.16. The van der Waals surface area contributed by atoms with Crippen molar-refractivity contribution < 1.29 is 14.4 Å². The van der Waals surface area contributed by atoms with Gasteiger partial charge in [0, 0.05) is 28.5 Å². The maximum Gasteiger partial charge on any atom is 0.251 e. The zero-order valence-electron chi connectivity index (χ0n) is 19.6. The van der Waals surface area contributed by atoms with Crippen molar-refractivity contribution in [1.82, 2.24) is 5.32 Å². The lowest BCUT2D eigenvalue weighted by Gasteiger charge is -2.14. The standard InChI is InChI=1S/C27H30N4O3/c1-18(2)26(33)31-24-15-13-23(14-16-24)30-25(32)17-28-22-11-9-21(10-12-22)27(34)29-19(3)20-7-5-4-6-8-20/h4-16,18-19,28H,17H2,1-3H3,(H,29,34)(H,30,32)(H,31,33). The Hall–Kier alpha value is -4.13. The smallest absolute Gasteiger partial charge is 0.251 e. The van der Waals surface area contributed by atoms with E-state index in [1.54, 1.807) is 48.5 Å². The largest absolute Gasteiger partial charge is 0.376 e. The fourth-order valence-corrected chi connectivity index (χ4v) is 3.16. The Morgan fingerprint density at radius 1 is 0.706 bits per heavy atom. The summed E-state index contributed by atoms with van der Waals surface area (Å²) < 4.78 is 0. The van der Waals surface area contributed by atoms with Crippen molar-refractivity contribution in [2.24, 2.45) is 5.92 Å². The normalized spacial score (nSPS) is 11.4. The van der Waals surface area contributed by atoms with Gasteiger partial charge in [-0.05, 0) is 61.0 Å². The minimum Gasteiger partial charge on any atom is -0.376 e. The van der Waals surface area contributed by atoms with E-state index in [1.807, 2.05) is 51.1 Å². The third kappa shape index (κ3) is 7.20. The summed E-state index contributed by atoms with van der Waals surface area (Å²) >= 11 is 0. The molecular formula is C27H30N4O3. The molecule has 0 aliphatic carbocycles. The highest BCUT2D eigenvalue weighted by atomic mass is 16.2. The van der Waals surface area contributed by atoms with Gasteiger partial charge in [-0.1, -0.05) is 44.2 Å². The minimum absolute atomic E-state index is 0.0600. The van der Waals surface area contributed by atoms with Crippen molar-refractivity contribution in [2.45, 2.75) is 26.8 Å². The van der Waals surface area contributed by atoms with Gasteiger partial charge in [0.25, 0.3) is 5.91 Å². The molecule has 1 atom stereocenters. The number of carbonyl (C=O) groups excluding carboxylic acids is 3. The van der Waals surface area contributed by atoms with Gasteiger partial charge in [0.05, 0.1) is 12.6 Å². The van der Waals surface area contributed by atoms with E-state index in [-0.39, 0.29) is 36.2 Å². The number of anilines is 3. The van der Waals surface area contributed by atoms with Gasteiger partial charge in [0.2, 0.25) is 11.8 Å². The SMILES string of the molecule is CC(C)C(=O)Nc1ccc(NC(=O)CNc2ccc(C(=O)NC(C)c3ccccc3)cc2)cc1. The molecule has 1 unspecified atom stereocenters. The second-order valence-corrected chi connectivity index (χ2v) is 8.31. The van der Waals surface area contributed by atoms with Crippen LogP contribution in [0.4, 0.5) is 17.1 Å². The molecule has 0 radical (unpaired) electrons. The fraction of sp³-hybridized carbons (Fsp3) is 0.222. The van der Waals surface area contributed by atoms with Crippen molar-refractivity contribution in [1.29, 1.82) is 0 Å². The third-order valence-electron chi connectivity index (χ3n) is 5.21. The number of hydrogen-bond acceptors (Lipinski definition) is 4. The lowest BCUT2D eigenvalue weighted by molar-refractivity contribution is -0.119. The molecule has 0 bridgehead atoms. The zero-order valence-corrected chi connectivity index (χ0v) is 19.6. The van der Waals surface area contributed by atoms with Crippen LogP contribution >= 0.6 is 0 Å². The van der Waals surface area contributed by atoms with E-state index in [0.717, 1.165) is 11.3 Å². The van der Waals surface area contributed by atoms with Crippen molar-refractivity contribution in [3.63, 3.8) is 0 Å². The van der Waals surface area contributed by atoms with Gasteiger partial charge in [0.1, 0.15) is 0 Å². The molecule has 7 nitrogen and oxygen atoms in total. The first-order valence-electron chi connectivity index (χ1n) is 11.2. The topological polar surface area (TPSA) is 99.3 Å². The summed E-state index contributed by atoms with van der Waals surface area (Å²) in [4.78, 5) is 36.5. The van der Waals surface area contributed by atoms with Gasteiger partial charge >= 0.3 is 0 Å². The third-order valence-corrected chi connectivity index (χ3v) is 5.21. The predicted molar refractivity (Wildman–Crippen MR) is 136 cm³/mol. The van der Waals surface area contributed by atoms with Gasteiger partial charge in [-0.2, -0.15) is 0 Å². The quantitative estimate of drug-likeness (QED) is 0.369. The number of amides is 3. The maximum absolute atomic E-state index is 12.5. The molecule has 0 aromatic heterocycles. The molecule has 3 amide bonds. The molecule has 7 heteroatoms. The Morgan fingerprint density at radius 2 is 1.26 bits per heavy atom. The lowest BCUT2D eigenvalue weighted by Crippen LogP contribution is -2.26. The number of benzene rings is 3. The molecule has 0 aliphatic heterocycles. The molecule has 0 saturated heterocycles. The van der Waals surface area contributed by atoms with E-state index in [0.29, 0.717) is 16.9 Å². The summed E-state index contributed by atoms with van der Waals surface area (Å²) in [6, 6.07) is 23.6. The van der Waals surface area contributed by atoms with Crippen molar-refractivity contribution in [3.8, 4) is 0 Å². The predicted octanol–water partition coefficient (Wildman–Crippen LogP) is 4.82. The number of carbonyl (C=O) groups is 3. The second-order valence-electron chi connectivity index (χ2n) is 8.31. The molecule has 3 aromatic rings. The molecule has 0 fully saturated rings. The van der Waals surface area contributed by atoms with Crippen LogP contribution in [0.3, 0.4) is 0 Å². The van der Waals surface area contributed by atoms with Gasteiger partial charge < -0.3 is 21.3 Å². The Morgan fingerprint density at radius 3 is 1.85 bits per heavy atom. The van der Waals surface area contributed by atoms with Crippen molar-refractivity contribution >= 4 is 34.8 Å². The van der Waals surface area contributed by atoms with Crippen molar-refractivity contribution in [3.05, 3.63) is 90.0 Å². The van der Waals surface area contributed by atoms with E-state index in [9.17, 15) is 14.4 Å². The summed E-state index contributed by atoms with van der Waals surface area (Å²) in [5.41, 5.74) is 3.62. The highest BCUT2D eigenvalue weighted by molar-refractivity contribution is 5.96. The molecule has 0 heterocycles. The average Bonchev–Trinajstić information content (AvgIpc) is 2.84. The van der Waals surface area contributed by atoms with E-state index in [4.69, 9.17) is 0 Å². The fourth-order valence-electron chi connectivity index (χ4n) is 3.16. The zero-order chi connectivity index (χ0) is 24.5. The van der Waals surface area contributed by atoms with E-state index < -0.39 is 0 Å². The van der Waals surface area contributed by atoms with Crippen LogP contribution in [-0.2, 0) is 9.59 Å². The molecule has 0 spiro atoms. The maximum atomic E-state index is 12.5. The summed E-state index contributed by atoms with van der Waals surface area (Å²) in [6.45, 7) is 5.66. The Kier molecular flexibility index (Phi) is 8.40. The molecule has 4 N–H and O–H groups in total. The Labute approximate surface area is 200 Å². The molecule has 3 aromatic carbocycles. The van der Waals surface area contributed by atoms with Crippen LogP contribution in [0.25, 0.3) is 0 Å². The highest BCUT2D eigenvalue weighted by Gasteiger charge is 2.11. The van der Waals surface area contributed by atoms with Crippen LogP contribution < -0.4 is 21.3 Å². The number of rotatable bonds is 9. The molecule has 3 rings (SSSR count). The van der Waals surface area contributed by atoms with E-state index >= 15 is 0 Å². The molecule has 0 aliphatic rings. The first-order valence-corrected chi connectivity index (χ1v) is 11.2. The van der Waals surface area contributed by atoms with Gasteiger partial charge in [-0.3, -0.25) is 14.4 Å². The first-order chi connectivity index (χ1) is 16.3. The Bertz CT molecular complexity index is 1110. The van der Waals surface area contributed by atoms with Crippen LogP contribution in [0.1, 0.15) is 42.7 Å². The summed E-state index contributed by atoms with van der Waals surface area (Å²) in [6.07, 6.45) is 0. The van der Waals surface area contributed by atoms with Crippen LogP contribution in [0.15, 0.2) is 78.9 Å². The van der Waals surface area contributed by atoms with Crippen LogP contribution in [0.5, 0.6) is 0 Å². The lowest BCUT2D eigenvalue weighted by atomic mass is 10.1. The monoisotopic (exact) mass is 458 g/mol. The van der Waals surface area contributed by atoms with E-state index in [2.05, 4.69) is 21.3 Å². The minimum atomic E-state index is -0.211. The van der Waals surface area contributed by atoms with Crippen LogP contribution in [0.2, 0.25) is 0 Å². The van der Waals surface area contributed by atoms with Gasteiger partial charge in [0.15, 0.2) is 0 Å². The summed E-state index contributed by atoms with van der Waals surface area (Å²) in [5.74, 6) is -0.534. The summed E-state index contributed by atoms with van der Waals surface area (Å²) in [7, 11) is 0. The number of hydrogen-bond donors (Lipinski definition) is 4. The molecule has 176 valence electrons. The van der Waals surface area contributed by atoms with Crippen molar-refractivity contribution in [2.75, 3.05) is 22.5 Å². The van der Waals surface area contributed by atoms with Crippen LogP contribution in [-0.4, -0.2) is 24.3 Å². The summed E-state index contributed by atoms with van der Waals surface area (Å²) in [5, 5.41) is 11.6. The molecule has 0 saturated carbocycles. The van der Waals surface area contributed by atoms with E-state index in [1.165, 1.54) is 0 Å². The second kappa shape index (κ2) is 11.7. The molecule has 34 heavy (non-hydrogen) atoms. The molecular weight excluding hydrogens is 428 g/mol. The average molecular weight is 459 g/mol. The number of nitrogens with one attached hydrogen (secondary N) is 4. The van der Waals surface area contributed by atoms with Gasteiger partial charge in [-0.15, -0.1) is 0 Å². The van der Waals surface area contributed by atoms with Gasteiger partial charge in [-0.25, -0.2) is 0 Å². The Balaban J connectivity index is 1.46.